The van der Waals surface area contributed by atoms with Crippen molar-refractivity contribution in [1.29, 1.82) is 5.26 Å². The van der Waals surface area contributed by atoms with Crippen molar-refractivity contribution in [2.75, 3.05) is 0 Å². The number of phenolic OH excluding ortho intramolecular Hbond substituents is 2. The summed E-state index contributed by atoms with van der Waals surface area (Å²) in [6.45, 7) is -0.251. The summed E-state index contributed by atoms with van der Waals surface area (Å²) in [6, 6.07) is 19.6. The highest BCUT2D eigenvalue weighted by atomic mass is 32.2. The largest absolute Gasteiger partial charge is 0.504 e. The van der Waals surface area contributed by atoms with E-state index in [1.165, 1.54) is 17.8 Å². The first-order valence-electron chi connectivity index (χ1n) is 9.38. The molecule has 0 saturated carbocycles. The quantitative estimate of drug-likeness (QED) is 0.260. The van der Waals surface area contributed by atoms with Gasteiger partial charge in [-0.25, -0.2) is 9.59 Å². The maximum absolute atomic E-state index is 12.8. The molecule has 3 aromatic carbocycles. The smallest absolute Gasteiger partial charge is 0.339 e. The van der Waals surface area contributed by atoms with Crippen LogP contribution in [0.3, 0.4) is 0 Å². The average molecular weight is 445 g/mol. The number of hydrogen-bond donors (Lipinski definition) is 2. The Morgan fingerprint density at radius 3 is 2.47 bits per heavy atom. The highest BCUT2D eigenvalue weighted by Gasteiger charge is 2.17. The van der Waals surface area contributed by atoms with E-state index in [9.17, 15) is 25.1 Å². The number of fused-ring (bicyclic) bond motifs is 1. The van der Waals surface area contributed by atoms with E-state index in [1.807, 2.05) is 6.07 Å². The summed E-state index contributed by atoms with van der Waals surface area (Å²) >= 11 is 1.27. The Labute approximate surface area is 186 Å². The van der Waals surface area contributed by atoms with Crippen molar-refractivity contribution in [3.05, 3.63) is 93.8 Å². The van der Waals surface area contributed by atoms with Gasteiger partial charge in [0.15, 0.2) is 11.5 Å². The summed E-state index contributed by atoms with van der Waals surface area (Å²) in [7, 11) is 0. The molecule has 0 amide bonds. The number of phenols is 2. The van der Waals surface area contributed by atoms with E-state index >= 15 is 0 Å². The van der Waals surface area contributed by atoms with Gasteiger partial charge in [0.05, 0.1) is 11.1 Å². The molecule has 0 atom stereocenters. The molecule has 0 aliphatic rings. The summed E-state index contributed by atoms with van der Waals surface area (Å²) in [6.07, 6.45) is 0. The number of benzene rings is 3. The zero-order chi connectivity index (χ0) is 22.7. The number of ether oxygens (including phenoxy) is 1. The van der Waals surface area contributed by atoms with Crippen LogP contribution in [0.4, 0.5) is 0 Å². The molecule has 0 fully saturated rings. The van der Waals surface area contributed by atoms with Gasteiger partial charge in [-0.05, 0) is 30.3 Å². The molecule has 32 heavy (non-hydrogen) atoms. The van der Waals surface area contributed by atoms with E-state index in [-0.39, 0.29) is 12.2 Å². The number of carbonyl (C=O) groups is 1. The third kappa shape index (κ3) is 4.29. The van der Waals surface area contributed by atoms with E-state index in [2.05, 4.69) is 6.07 Å². The fourth-order valence-corrected chi connectivity index (χ4v) is 4.10. The summed E-state index contributed by atoms with van der Waals surface area (Å²) in [4.78, 5) is 26.0. The monoisotopic (exact) mass is 445 g/mol. The Bertz CT molecular complexity index is 1440. The molecule has 2 N–H and O–H groups in total. The van der Waals surface area contributed by atoms with Crippen LogP contribution in [0, 0.1) is 11.3 Å². The van der Waals surface area contributed by atoms with Crippen molar-refractivity contribution < 1.29 is 24.2 Å². The van der Waals surface area contributed by atoms with Crippen LogP contribution in [0.15, 0.2) is 85.7 Å². The number of aromatic hydroxyl groups is 2. The van der Waals surface area contributed by atoms with Gasteiger partial charge in [-0.3, -0.25) is 0 Å². The number of carbonyl (C=O) groups excluding carboxylic acids is 1. The lowest BCUT2D eigenvalue weighted by atomic mass is 10.1. The summed E-state index contributed by atoms with van der Waals surface area (Å²) in [5.41, 5.74) is 0.490. The van der Waals surface area contributed by atoms with Crippen molar-refractivity contribution >= 4 is 28.7 Å². The minimum absolute atomic E-state index is 0.0583. The minimum Gasteiger partial charge on any atom is -0.504 e. The van der Waals surface area contributed by atoms with E-state index in [1.54, 1.807) is 42.5 Å². The zero-order valence-corrected chi connectivity index (χ0v) is 17.3. The normalized spacial score (nSPS) is 10.6. The van der Waals surface area contributed by atoms with Crippen LogP contribution < -0.4 is 5.63 Å². The number of rotatable bonds is 5. The van der Waals surface area contributed by atoms with Gasteiger partial charge in [-0.2, -0.15) is 5.26 Å². The number of nitriles is 1. The van der Waals surface area contributed by atoms with Crippen LogP contribution in [0.25, 0.3) is 11.0 Å². The molecule has 4 rings (SSSR count). The van der Waals surface area contributed by atoms with E-state index in [0.29, 0.717) is 31.9 Å². The Kier molecular flexibility index (Phi) is 5.83. The molecule has 0 bridgehead atoms. The summed E-state index contributed by atoms with van der Waals surface area (Å²) in [5.74, 6) is -1.44. The topological polar surface area (TPSA) is 121 Å². The van der Waals surface area contributed by atoms with Gasteiger partial charge in [0.2, 0.25) is 0 Å². The number of hydrogen-bond acceptors (Lipinski definition) is 8. The van der Waals surface area contributed by atoms with Crippen LogP contribution in [0.2, 0.25) is 0 Å². The first-order valence-corrected chi connectivity index (χ1v) is 10.2. The lowest BCUT2D eigenvalue weighted by Crippen LogP contribution is -2.09. The van der Waals surface area contributed by atoms with Gasteiger partial charge in [-0.1, -0.05) is 36.0 Å². The molecule has 4 aromatic rings. The standard InChI is InChI=1S/C24H15NO6S/c25-12-14-5-1-3-7-21(14)32-22-8-4-2-6-16(22)24(29)30-13-15-9-23(28)31-20-11-19(27)18(26)10-17(15)20/h1-11,26-27H,13H2. The van der Waals surface area contributed by atoms with Crippen molar-refractivity contribution in [3.8, 4) is 17.6 Å². The molecule has 1 aromatic heterocycles. The maximum atomic E-state index is 12.8. The third-order valence-electron chi connectivity index (χ3n) is 4.62. The molecule has 158 valence electrons. The Morgan fingerprint density at radius 2 is 1.69 bits per heavy atom. The second-order valence-corrected chi connectivity index (χ2v) is 7.79. The molecular formula is C24H15NO6S. The summed E-state index contributed by atoms with van der Waals surface area (Å²) in [5, 5.41) is 29.1. The molecule has 0 aliphatic heterocycles. The molecule has 8 heteroatoms. The van der Waals surface area contributed by atoms with Crippen LogP contribution >= 0.6 is 11.8 Å². The molecule has 1 heterocycles. The van der Waals surface area contributed by atoms with Crippen LogP contribution in [0.1, 0.15) is 21.5 Å². The predicted octanol–water partition coefficient (Wildman–Crippen LogP) is 4.58. The maximum Gasteiger partial charge on any atom is 0.339 e. The fourth-order valence-electron chi connectivity index (χ4n) is 3.08. The predicted molar refractivity (Wildman–Crippen MR) is 117 cm³/mol. The number of nitrogens with zero attached hydrogens (tertiary/aromatic N) is 1. The van der Waals surface area contributed by atoms with Crippen molar-refractivity contribution in [2.24, 2.45) is 0 Å². The average Bonchev–Trinajstić information content (AvgIpc) is 2.79. The minimum atomic E-state index is -0.683. The van der Waals surface area contributed by atoms with Gasteiger partial charge in [0, 0.05) is 32.9 Å². The molecule has 0 saturated heterocycles. The Hall–Kier alpha value is -4.22. The van der Waals surface area contributed by atoms with Gasteiger partial charge in [-0.15, -0.1) is 0 Å². The molecule has 0 aliphatic carbocycles. The van der Waals surface area contributed by atoms with Crippen LogP contribution in [-0.2, 0) is 11.3 Å². The van der Waals surface area contributed by atoms with E-state index in [4.69, 9.17) is 9.15 Å². The highest BCUT2D eigenvalue weighted by Crippen LogP contribution is 2.34. The van der Waals surface area contributed by atoms with Crippen LogP contribution in [-0.4, -0.2) is 16.2 Å². The van der Waals surface area contributed by atoms with Gasteiger partial charge in [0.25, 0.3) is 0 Å². The first kappa shape index (κ1) is 21.0. The molecule has 7 nitrogen and oxygen atoms in total. The molecule has 0 radical (unpaired) electrons. The zero-order valence-electron chi connectivity index (χ0n) is 16.4. The van der Waals surface area contributed by atoms with E-state index < -0.39 is 23.1 Å². The van der Waals surface area contributed by atoms with Gasteiger partial charge >= 0.3 is 11.6 Å². The van der Waals surface area contributed by atoms with E-state index in [0.717, 1.165) is 12.1 Å². The highest BCUT2D eigenvalue weighted by molar-refractivity contribution is 7.99. The lowest BCUT2D eigenvalue weighted by Gasteiger charge is -2.11. The van der Waals surface area contributed by atoms with Crippen LogP contribution in [0.5, 0.6) is 11.5 Å². The summed E-state index contributed by atoms with van der Waals surface area (Å²) < 4.78 is 10.5. The molecule has 0 unspecified atom stereocenters. The third-order valence-corrected chi connectivity index (χ3v) is 5.77. The van der Waals surface area contributed by atoms with Crippen molar-refractivity contribution in [1.82, 2.24) is 0 Å². The second-order valence-electron chi connectivity index (χ2n) is 6.71. The van der Waals surface area contributed by atoms with Gasteiger partial charge in [0.1, 0.15) is 18.3 Å². The molecular weight excluding hydrogens is 430 g/mol. The Balaban J connectivity index is 1.61. The fraction of sp³-hybridized carbons (Fsp3) is 0.0417. The molecule has 0 spiro atoms. The first-order chi connectivity index (χ1) is 15.5. The SMILES string of the molecule is N#Cc1ccccc1Sc1ccccc1C(=O)OCc1cc(=O)oc2cc(O)c(O)cc12. The van der Waals surface area contributed by atoms with Gasteiger partial charge < -0.3 is 19.4 Å². The van der Waals surface area contributed by atoms with Crippen molar-refractivity contribution in [2.45, 2.75) is 16.4 Å². The lowest BCUT2D eigenvalue weighted by molar-refractivity contribution is 0.0469. The Morgan fingerprint density at radius 1 is 1.00 bits per heavy atom. The second kappa shape index (κ2) is 8.88. The van der Waals surface area contributed by atoms with Crippen molar-refractivity contribution in [3.63, 3.8) is 0 Å². The number of esters is 1.